The number of benzene rings is 1. The van der Waals surface area contributed by atoms with Gasteiger partial charge in [0.2, 0.25) is 0 Å². The molecule has 1 aromatic heterocycles. The average Bonchev–Trinajstić information content (AvgIpc) is 2.77. The van der Waals surface area contributed by atoms with Crippen LogP contribution >= 0.6 is 0 Å². The number of fused-ring (bicyclic) bond motifs is 1. The highest BCUT2D eigenvalue weighted by atomic mass is 32.2. The Morgan fingerprint density at radius 3 is 2.65 bits per heavy atom. The lowest BCUT2D eigenvalue weighted by Gasteiger charge is -2.41. The first-order valence-electron chi connectivity index (χ1n) is 9.74. The molecule has 2 aromatic rings. The molecule has 31 heavy (non-hydrogen) atoms. The van der Waals surface area contributed by atoms with Crippen LogP contribution in [0.2, 0.25) is 0 Å². The molecule has 1 aromatic carbocycles. The normalized spacial score (nSPS) is 17.5. The molecule has 0 bridgehead atoms. The van der Waals surface area contributed by atoms with Gasteiger partial charge in [-0.25, -0.2) is 0 Å². The summed E-state index contributed by atoms with van der Waals surface area (Å²) in [4.78, 5) is 24.8. The molecule has 0 aliphatic carbocycles. The number of ether oxygens (including phenoxy) is 2. The Hall–Kier alpha value is -2.67. The van der Waals surface area contributed by atoms with Crippen molar-refractivity contribution in [1.82, 2.24) is 19.5 Å². The van der Waals surface area contributed by atoms with E-state index in [1.54, 1.807) is 25.3 Å². The third-order valence-corrected chi connectivity index (χ3v) is 6.13. The number of aromatic nitrogens is 1. The number of carbonyl (C=O) groups is 1. The van der Waals surface area contributed by atoms with Gasteiger partial charge in [0, 0.05) is 62.1 Å². The Labute approximate surface area is 181 Å². The molecule has 0 radical (unpaired) electrons. The van der Waals surface area contributed by atoms with E-state index in [-0.39, 0.29) is 19.1 Å². The van der Waals surface area contributed by atoms with E-state index in [1.165, 1.54) is 0 Å². The van der Waals surface area contributed by atoms with Crippen molar-refractivity contribution < 1.29 is 27.5 Å². The largest absolute Gasteiger partial charge is 0.493 e. The molecule has 0 amide bonds. The number of nitrogens with one attached hydrogen (secondary N) is 2. The number of nitrogens with zero attached hydrogens (tertiary/aromatic N) is 3. The number of pyridine rings is 1. The third-order valence-electron chi connectivity index (χ3n) is 5.23. The molecule has 0 spiro atoms. The second-order valence-electron chi connectivity index (χ2n) is 7.08. The maximum absolute atomic E-state index is 11.6. The highest BCUT2D eigenvalue weighted by molar-refractivity contribution is 7.87. The summed E-state index contributed by atoms with van der Waals surface area (Å²) in [5.74, 6) is 1.28. The van der Waals surface area contributed by atoms with Gasteiger partial charge < -0.3 is 19.2 Å². The van der Waals surface area contributed by atoms with Crippen LogP contribution in [0.15, 0.2) is 24.4 Å². The lowest BCUT2D eigenvalue weighted by atomic mass is 10.1. The van der Waals surface area contributed by atoms with Crippen LogP contribution in [-0.4, -0.2) is 77.8 Å². The van der Waals surface area contributed by atoms with E-state index in [4.69, 9.17) is 9.47 Å². The van der Waals surface area contributed by atoms with Gasteiger partial charge in [-0.05, 0) is 23.9 Å². The highest BCUT2D eigenvalue weighted by Gasteiger charge is 2.25. The number of hydrogen-bond donors (Lipinski definition) is 2. The highest BCUT2D eigenvalue weighted by Crippen LogP contribution is 2.36. The minimum Gasteiger partial charge on any atom is -0.493 e. The molecule has 170 valence electrons. The van der Waals surface area contributed by atoms with Crippen LogP contribution in [-0.2, 0) is 19.8 Å². The molecule has 2 N–H and O–H groups in total. The van der Waals surface area contributed by atoms with Crippen molar-refractivity contribution in [2.24, 2.45) is 0 Å². The minimum absolute atomic E-state index is 0.00893. The number of carbonyl (C=O) groups excluding carboxylic acids is 1. The van der Waals surface area contributed by atoms with Crippen LogP contribution in [0.5, 0.6) is 11.5 Å². The van der Waals surface area contributed by atoms with Gasteiger partial charge in [0.1, 0.15) is 0 Å². The van der Waals surface area contributed by atoms with Crippen molar-refractivity contribution in [2.45, 2.75) is 13.0 Å². The predicted molar refractivity (Wildman–Crippen MR) is 115 cm³/mol. The maximum Gasteiger partial charge on any atom is 0.314 e. The van der Waals surface area contributed by atoms with Crippen molar-refractivity contribution >= 4 is 33.3 Å². The summed E-state index contributed by atoms with van der Waals surface area (Å²) < 4.78 is 36.4. The van der Waals surface area contributed by atoms with E-state index in [9.17, 15) is 13.2 Å². The number of methoxy groups -OCH3 is 2. The fourth-order valence-electron chi connectivity index (χ4n) is 3.72. The van der Waals surface area contributed by atoms with Gasteiger partial charge in [0.15, 0.2) is 11.5 Å². The van der Waals surface area contributed by atoms with E-state index in [2.05, 4.69) is 31.3 Å². The second-order valence-corrected chi connectivity index (χ2v) is 8.54. The summed E-state index contributed by atoms with van der Waals surface area (Å²) in [5, 5.41) is 0.981. The van der Waals surface area contributed by atoms with E-state index in [1.807, 2.05) is 18.2 Å². The first-order valence-corrected chi connectivity index (χ1v) is 11.2. The molecule has 1 saturated heterocycles. The Balaban J connectivity index is 1.67. The number of piperazine rings is 1. The molecule has 1 fully saturated rings. The quantitative estimate of drug-likeness (QED) is 0.386. The van der Waals surface area contributed by atoms with Gasteiger partial charge in [0.05, 0.1) is 19.7 Å². The number of hydrogen-bond acceptors (Lipinski definition) is 9. The van der Waals surface area contributed by atoms with Crippen molar-refractivity contribution in [2.75, 3.05) is 51.8 Å². The molecule has 0 saturated carbocycles. The number of anilines is 1. The van der Waals surface area contributed by atoms with E-state index in [0.29, 0.717) is 18.0 Å². The van der Waals surface area contributed by atoms with Crippen LogP contribution in [0.3, 0.4) is 0 Å². The summed E-state index contributed by atoms with van der Waals surface area (Å²) in [6, 6.07) is 5.99. The lowest BCUT2D eigenvalue weighted by Crippen LogP contribution is -2.54. The summed E-state index contributed by atoms with van der Waals surface area (Å²) in [6.07, 6.45) is 1.78. The Kier molecular flexibility index (Phi) is 7.49. The van der Waals surface area contributed by atoms with Gasteiger partial charge >= 0.3 is 16.7 Å². The summed E-state index contributed by atoms with van der Waals surface area (Å²) in [5.41, 5.74) is 1.89. The van der Waals surface area contributed by atoms with Gasteiger partial charge in [-0.15, -0.1) is 0 Å². The third kappa shape index (κ3) is 5.53. The lowest BCUT2D eigenvalue weighted by molar-refractivity contribution is -0.131. The fourth-order valence-corrected chi connectivity index (χ4v) is 4.30. The van der Waals surface area contributed by atoms with E-state index < -0.39 is 10.2 Å². The van der Waals surface area contributed by atoms with Crippen LogP contribution in [0.4, 0.5) is 5.69 Å². The molecule has 1 aliphatic rings. The van der Waals surface area contributed by atoms with Crippen LogP contribution in [0.1, 0.15) is 6.92 Å². The molecule has 1 atom stereocenters. The zero-order valence-corrected chi connectivity index (χ0v) is 18.5. The first-order chi connectivity index (χ1) is 14.9. The van der Waals surface area contributed by atoms with Gasteiger partial charge in [-0.3, -0.25) is 14.7 Å². The van der Waals surface area contributed by atoms with Crippen LogP contribution < -0.4 is 24.0 Å². The van der Waals surface area contributed by atoms with Crippen molar-refractivity contribution in [3.8, 4) is 11.5 Å². The summed E-state index contributed by atoms with van der Waals surface area (Å²) >= 11 is 0. The van der Waals surface area contributed by atoms with Crippen molar-refractivity contribution in [3.63, 3.8) is 0 Å². The van der Waals surface area contributed by atoms with Gasteiger partial charge in [-0.1, -0.05) is 0 Å². The van der Waals surface area contributed by atoms with Crippen LogP contribution in [0.25, 0.3) is 10.9 Å². The molecule has 3 rings (SSSR count). The molecule has 12 heteroatoms. The fraction of sp³-hybridized carbons (Fsp3) is 0.474. The van der Waals surface area contributed by atoms with Gasteiger partial charge in [0.25, 0.3) is 0 Å². The number of rotatable bonds is 10. The van der Waals surface area contributed by atoms with E-state index in [0.717, 1.165) is 36.2 Å². The zero-order chi connectivity index (χ0) is 22.4. The second kappa shape index (κ2) is 10.1. The molecule has 2 heterocycles. The Bertz CT molecular complexity index is 1020. The van der Waals surface area contributed by atoms with Crippen molar-refractivity contribution in [1.29, 1.82) is 0 Å². The molecular weight excluding hydrogens is 426 g/mol. The molecular formula is C19H27N5O6S. The van der Waals surface area contributed by atoms with Crippen molar-refractivity contribution in [3.05, 3.63) is 24.4 Å². The predicted octanol–water partition coefficient (Wildman–Crippen LogP) is 0.275. The standard InChI is InChI=1S/C19H27N5O6S/c1-14-12-24(9-8-23(14)7-6-21-31(26,27)22-30-13-25)17-4-5-20-16-11-19(29-3)18(28-2)10-15(16)17/h4-5,10-11,13-14,21-22H,6-9,12H2,1-3H3/t14-/m1/s1. The molecule has 0 unspecified atom stereocenters. The minimum atomic E-state index is -3.87. The van der Waals surface area contributed by atoms with Gasteiger partial charge in [-0.2, -0.15) is 13.1 Å². The Morgan fingerprint density at radius 1 is 1.23 bits per heavy atom. The van der Waals surface area contributed by atoms with E-state index >= 15 is 0 Å². The smallest absolute Gasteiger partial charge is 0.314 e. The average molecular weight is 454 g/mol. The zero-order valence-electron chi connectivity index (χ0n) is 17.7. The van der Waals surface area contributed by atoms with Crippen LogP contribution in [0, 0.1) is 0 Å². The maximum atomic E-state index is 11.6. The summed E-state index contributed by atoms with van der Waals surface area (Å²) in [6.45, 7) is 5.13. The summed E-state index contributed by atoms with van der Waals surface area (Å²) in [7, 11) is -0.668. The molecule has 1 aliphatic heterocycles. The monoisotopic (exact) mass is 453 g/mol. The SMILES string of the molecule is COc1cc2nccc(N3CCN(CCNS(=O)(=O)NOC=O)[C@H](C)C3)c2cc1OC. The molecule has 11 nitrogen and oxygen atoms in total. The topological polar surface area (TPSA) is 122 Å². The first kappa shape index (κ1) is 23.0. The Morgan fingerprint density at radius 2 is 1.97 bits per heavy atom.